The second kappa shape index (κ2) is 10.2. The van der Waals surface area contributed by atoms with E-state index in [1.807, 2.05) is 62.4 Å². The van der Waals surface area contributed by atoms with Crippen molar-refractivity contribution in [1.29, 1.82) is 0 Å². The van der Waals surface area contributed by atoms with E-state index in [-0.39, 0.29) is 0 Å². The Hall–Kier alpha value is -2.91. The van der Waals surface area contributed by atoms with E-state index in [2.05, 4.69) is 12.0 Å². The van der Waals surface area contributed by atoms with Crippen LogP contribution < -0.4 is 18.9 Å². The van der Waals surface area contributed by atoms with Crippen LogP contribution in [0.1, 0.15) is 30.9 Å². The minimum absolute atomic E-state index is 0.470. The third kappa shape index (κ3) is 6.57. The molecule has 0 spiro atoms. The molecule has 3 rings (SSSR count). The number of aryl methyl sites for hydroxylation is 2. The minimum Gasteiger partial charge on any atom is -0.494 e. The molecule has 0 heterocycles. The van der Waals surface area contributed by atoms with Gasteiger partial charge in [-0.2, -0.15) is 0 Å². The lowest BCUT2D eigenvalue weighted by Crippen LogP contribution is -2.10. The summed E-state index contributed by atoms with van der Waals surface area (Å²) in [6, 6.07) is 22.0. The Labute approximate surface area is 178 Å². The van der Waals surface area contributed by atoms with Gasteiger partial charge in [-0.1, -0.05) is 37.6 Å². The van der Waals surface area contributed by atoms with Gasteiger partial charge >= 0.3 is 7.75 Å². The summed E-state index contributed by atoms with van der Waals surface area (Å²) < 4.78 is 31.0. The molecule has 0 fully saturated rings. The average Bonchev–Trinajstić information content (AvgIpc) is 2.69. The van der Waals surface area contributed by atoms with Gasteiger partial charge in [0.25, 0.3) is 0 Å². The van der Waals surface area contributed by atoms with Crippen molar-refractivity contribution in [2.75, 3.05) is 11.7 Å². The number of ether oxygens (including phenoxy) is 1. The maximum atomic E-state index is 13.7. The fraction of sp³-hybridized carbons (Fsp3) is 0.250. The summed E-state index contributed by atoms with van der Waals surface area (Å²) in [5, 5.41) is 2.94. The zero-order chi connectivity index (χ0) is 21.4. The molecule has 158 valence electrons. The van der Waals surface area contributed by atoms with Crippen LogP contribution in [0.2, 0.25) is 0 Å². The third-order valence-electron chi connectivity index (χ3n) is 4.32. The van der Waals surface area contributed by atoms with E-state index in [0.717, 1.165) is 29.7 Å². The van der Waals surface area contributed by atoms with E-state index in [0.29, 0.717) is 23.8 Å². The number of anilines is 1. The van der Waals surface area contributed by atoms with E-state index in [9.17, 15) is 4.57 Å². The third-order valence-corrected chi connectivity index (χ3v) is 5.75. The number of hydrogen-bond donors (Lipinski definition) is 1. The Kier molecular flexibility index (Phi) is 7.42. The van der Waals surface area contributed by atoms with Gasteiger partial charge in [-0.3, -0.25) is 5.09 Å². The van der Waals surface area contributed by atoms with Crippen molar-refractivity contribution in [1.82, 2.24) is 0 Å². The van der Waals surface area contributed by atoms with Crippen molar-refractivity contribution < 1.29 is 18.3 Å². The Morgan fingerprint density at radius 3 is 1.87 bits per heavy atom. The highest BCUT2D eigenvalue weighted by molar-refractivity contribution is 7.56. The molecular formula is C24H28NO4P. The fourth-order valence-corrected chi connectivity index (χ4v) is 4.18. The zero-order valence-electron chi connectivity index (χ0n) is 17.6. The fourth-order valence-electron chi connectivity index (χ4n) is 2.80. The van der Waals surface area contributed by atoms with Crippen molar-refractivity contribution in [3.8, 4) is 17.2 Å². The first-order valence-corrected chi connectivity index (χ1v) is 11.6. The SMILES string of the molecule is CCCCOc1ccc(NP(=O)(Oc2cccc(C)c2)Oc2cccc(C)c2)cc1. The maximum Gasteiger partial charge on any atom is 0.541 e. The molecular weight excluding hydrogens is 397 g/mol. The number of rotatable bonds is 10. The second-order valence-electron chi connectivity index (χ2n) is 7.15. The molecule has 0 saturated carbocycles. The van der Waals surface area contributed by atoms with Gasteiger partial charge in [0.1, 0.15) is 17.2 Å². The molecule has 30 heavy (non-hydrogen) atoms. The van der Waals surface area contributed by atoms with Crippen LogP contribution in [-0.4, -0.2) is 6.61 Å². The highest BCUT2D eigenvalue weighted by atomic mass is 31.2. The van der Waals surface area contributed by atoms with Crippen molar-refractivity contribution in [3.63, 3.8) is 0 Å². The standard InChI is InChI=1S/C24H28NO4P/c1-4-5-16-27-22-14-12-21(13-15-22)25-30(26,28-23-10-6-8-19(2)17-23)29-24-11-7-9-20(3)18-24/h6-15,17-18H,4-5,16H2,1-3H3,(H,25,26). The van der Waals surface area contributed by atoms with Crippen LogP contribution in [0.3, 0.4) is 0 Å². The molecule has 0 aliphatic heterocycles. The van der Waals surface area contributed by atoms with Crippen molar-refractivity contribution >= 4 is 13.4 Å². The molecule has 3 aromatic rings. The molecule has 0 saturated heterocycles. The van der Waals surface area contributed by atoms with Gasteiger partial charge in [0.2, 0.25) is 0 Å². The molecule has 6 heteroatoms. The van der Waals surface area contributed by atoms with Crippen LogP contribution in [0.4, 0.5) is 5.69 Å². The monoisotopic (exact) mass is 425 g/mol. The normalized spacial score (nSPS) is 11.0. The Morgan fingerprint density at radius 2 is 1.37 bits per heavy atom. The zero-order valence-corrected chi connectivity index (χ0v) is 18.5. The molecule has 0 aliphatic carbocycles. The molecule has 0 aromatic heterocycles. The Bertz CT molecular complexity index is 953. The number of nitrogens with one attached hydrogen (secondary N) is 1. The van der Waals surface area contributed by atoms with Gasteiger partial charge in [-0.05, 0) is 79.9 Å². The van der Waals surface area contributed by atoms with Crippen LogP contribution >= 0.6 is 7.75 Å². The first kappa shape index (κ1) is 21.8. The summed E-state index contributed by atoms with van der Waals surface area (Å²) in [6.45, 7) is 6.69. The Balaban J connectivity index is 1.80. The lowest BCUT2D eigenvalue weighted by molar-refractivity contribution is 0.309. The highest BCUT2D eigenvalue weighted by Crippen LogP contribution is 2.48. The molecule has 0 bridgehead atoms. The molecule has 0 unspecified atom stereocenters. The van der Waals surface area contributed by atoms with Gasteiger partial charge in [0, 0.05) is 5.69 Å². The molecule has 3 aromatic carbocycles. The van der Waals surface area contributed by atoms with E-state index < -0.39 is 7.75 Å². The van der Waals surface area contributed by atoms with Crippen LogP contribution in [0.5, 0.6) is 17.2 Å². The largest absolute Gasteiger partial charge is 0.541 e. The van der Waals surface area contributed by atoms with Gasteiger partial charge in [-0.25, -0.2) is 4.57 Å². The van der Waals surface area contributed by atoms with Gasteiger partial charge < -0.3 is 13.8 Å². The predicted octanol–water partition coefficient (Wildman–Crippen LogP) is 7.16. The summed E-state index contributed by atoms with van der Waals surface area (Å²) in [5.74, 6) is 1.71. The van der Waals surface area contributed by atoms with Crippen LogP contribution in [0, 0.1) is 13.8 Å². The lowest BCUT2D eigenvalue weighted by Gasteiger charge is -2.21. The van der Waals surface area contributed by atoms with E-state index in [4.69, 9.17) is 13.8 Å². The quantitative estimate of drug-likeness (QED) is 0.276. The summed E-state index contributed by atoms with van der Waals surface area (Å²) in [5.41, 5.74) is 2.62. The lowest BCUT2D eigenvalue weighted by atomic mass is 10.2. The van der Waals surface area contributed by atoms with Gasteiger partial charge in [-0.15, -0.1) is 0 Å². The predicted molar refractivity (Wildman–Crippen MR) is 122 cm³/mol. The first-order valence-electron chi connectivity index (χ1n) is 10.1. The average molecular weight is 425 g/mol. The maximum absolute atomic E-state index is 13.7. The topological polar surface area (TPSA) is 56.8 Å². The summed E-state index contributed by atoms with van der Waals surface area (Å²) >= 11 is 0. The van der Waals surface area contributed by atoms with Crippen LogP contribution in [0.15, 0.2) is 72.8 Å². The molecule has 1 N–H and O–H groups in total. The number of hydrogen-bond acceptors (Lipinski definition) is 4. The summed E-state index contributed by atoms with van der Waals surface area (Å²) in [7, 11) is -3.76. The van der Waals surface area contributed by atoms with E-state index >= 15 is 0 Å². The molecule has 0 amide bonds. The van der Waals surface area contributed by atoms with Crippen LogP contribution in [0.25, 0.3) is 0 Å². The number of benzene rings is 3. The van der Waals surface area contributed by atoms with E-state index in [1.165, 1.54) is 0 Å². The van der Waals surface area contributed by atoms with Gasteiger partial charge in [0.05, 0.1) is 6.61 Å². The molecule has 0 radical (unpaired) electrons. The highest BCUT2D eigenvalue weighted by Gasteiger charge is 2.29. The first-order chi connectivity index (χ1) is 14.5. The molecule has 0 aliphatic rings. The molecule has 5 nitrogen and oxygen atoms in total. The number of unbranched alkanes of at least 4 members (excludes halogenated alkanes) is 1. The van der Waals surface area contributed by atoms with Crippen molar-refractivity contribution in [3.05, 3.63) is 83.9 Å². The summed E-state index contributed by atoms with van der Waals surface area (Å²) in [4.78, 5) is 0. The van der Waals surface area contributed by atoms with Crippen molar-refractivity contribution in [2.45, 2.75) is 33.6 Å². The van der Waals surface area contributed by atoms with Crippen LogP contribution in [-0.2, 0) is 4.57 Å². The molecule has 0 atom stereocenters. The Morgan fingerprint density at radius 1 is 0.800 bits per heavy atom. The second-order valence-corrected chi connectivity index (χ2v) is 8.73. The van der Waals surface area contributed by atoms with Gasteiger partial charge in [0.15, 0.2) is 0 Å². The smallest absolute Gasteiger partial charge is 0.494 e. The summed E-state index contributed by atoms with van der Waals surface area (Å²) in [6.07, 6.45) is 2.08. The minimum atomic E-state index is -3.76. The van der Waals surface area contributed by atoms with Crippen molar-refractivity contribution in [2.24, 2.45) is 0 Å². The van der Waals surface area contributed by atoms with E-state index in [1.54, 1.807) is 24.3 Å².